The number of fused-ring (bicyclic) bond motifs is 2. The molecule has 0 aromatic heterocycles. The van der Waals surface area contributed by atoms with E-state index in [1.54, 1.807) is 0 Å². The molecule has 1 spiro atoms. The van der Waals surface area contributed by atoms with E-state index >= 15 is 0 Å². The van der Waals surface area contributed by atoms with E-state index in [9.17, 15) is 4.79 Å². The van der Waals surface area contributed by atoms with E-state index in [0.29, 0.717) is 5.92 Å². The molecule has 31 heavy (non-hydrogen) atoms. The summed E-state index contributed by atoms with van der Waals surface area (Å²) in [5.41, 5.74) is 1.65. The molecule has 0 N–H and O–H groups in total. The third-order valence-corrected chi connectivity index (χ3v) is 9.72. The van der Waals surface area contributed by atoms with Crippen molar-refractivity contribution < 1.29 is 14.3 Å². The van der Waals surface area contributed by atoms with Crippen molar-refractivity contribution in [3.05, 3.63) is 35.9 Å². The first-order valence-corrected chi connectivity index (χ1v) is 12.6. The van der Waals surface area contributed by atoms with Crippen LogP contribution in [0.2, 0.25) is 0 Å². The van der Waals surface area contributed by atoms with Gasteiger partial charge in [0.1, 0.15) is 11.7 Å². The zero-order chi connectivity index (χ0) is 21.2. The Labute approximate surface area is 186 Å². The number of likely N-dealkylation sites (tertiary alicyclic amines) is 1. The highest BCUT2D eigenvalue weighted by Crippen LogP contribution is 2.70. The van der Waals surface area contributed by atoms with E-state index < -0.39 is 0 Å². The average molecular weight is 424 g/mol. The van der Waals surface area contributed by atoms with Crippen LogP contribution in [-0.2, 0) is 20.7 Å². The Morgan fingerprint density at radius 3 is 2.68 bits per heavy atom. The molecule has 168 valence electrons. The molecule has 4 nitrogen and oxygen atoms in total. The van der Waals surface area contributed by atoms with Crippen molar-refractivity contribution in [3.63, 3.8) is 0 Å². The lowest BCUT2D eigenvalue weighted by Gasteiger charge is -2.49. The number of benzene rings is 1. The van der Waals surface area contributed by atoms with Crippen LogP contribution in [0.1, 0.15) is 57.9 Å². The summed E-state index contributed by atoms with van der Waals surface area (Å²) in [7, 11) is 0. The van der Waals surface area contributed by atoms with Crippen molar-refractivity contribution in [3.8, 4) is 0 Å². The van der Waals surface area contributed by atoms with Crippen LogP contribution in [-0.4, -0.2) is 48.3 Å². The molecule has 4 heteroatoms. The van der Waals surface area contributed by atoms with Crippen LogP contribution in [0.15, 0.2) is 30.3 Å². The molecule has 6 rings (SSSR count). The standard InChI is InChI=1S/C27H37NO3/c1-18-7-6-12-26(2)16-22-23(24-27(18,26)31-24)21(25(29)30-22)17-28-13-10-20(11-14-28)15-19-8-4-3-5-9-19/h3-5,8-9,18,20-24H,6-7,10-17H2,1-2H3/t18-,21+,22+,23+,24-,26+,27-/m0/s1. The number of carbonyl (C=O) groups excluding carboxylic acids is 1. The Balaban J connectivity index is 1.11. The highest BCUT2D eigenvalue weighted by molar-refractivity contribution is 5.76. The lowest BCUT2D eigenvalue weighted by Crippen LogP contribution is -2.54. The summed E-state index contributed by atoms with van der Waals surface area (Å²) in [5, 5.41) is 0. The molecule has 0 unspecified atom stereocenters. The lowest BCUT2D eigenvalue weighted by atomic mass is 9.53. The van der Waals surface area contributed by atoms with Gasteiger partial charge in [0.15, 0.2) is 0 Å². The van der Waals surface area contributed by atoms with E-state index in [1.165, 1.54) is 44.1 Å². The van der Waals surface area contributed by atoms with Gasteiger partial charge < -0.3 is 14.4 Å². The monoisotopic (exact) mass is 423 g/mol. The van der Waals surface area contributed by atoms with E-state index in [2.05, 4.69) is 49.1 Å². The number of ether oxygens (including phenoxy) is 2. The molecule has 5 fully saturated rings. The van der Waals surface area contributed by atoms with Crippen LogP contribution in [0.3, 0.4) is 0 Å². The van der Waals surface area contributed by atoms with Gasteiger partial charge in [-0.3, -0.25) is 4.79 Å². The molecule has 1 aromatic carbocycles. The van der Waals surface area contributed by atoms with E-state index in [4.69, 9.17) is 9.47 Å². The molecular formula is C27H37NO3. The molecule has 2 saturated carbocycles. The molecular weight excluding hydrogens is 386 g/mol. The van der Waals surface area contributed by atoms with Gasteiger partial charge in [-0.1, -0.05) is 50.6 Å². The zero-order valence-electron chi connectivity index (χ0n) is 19.1. The number of esters is 1. The van der Waals surface area contributed by atoms with Crippen molar-refractivity contribution in [2.45, 2.75) is 76.6 Å². The van der Waals surface area contributed by atoms with Gasteiger partial charge >= 0.3 is 5.97 Å². The van der Waals surface area contributed by atoms with E-state index in [1.807, 2.05) is 0 Å². The van der Waals surface area contributed by atoms with Crippen molar-refractivity contribution in [2.24, 2.45) is 29.1 Å². The van der Waals surface area contributed by atoms with Crippen molar-refractivity contribution in [1.29, 1.82) is 0 Å². The molecule has 0 bridgehead atoms. The fraction of sp³-hybridized carbons (Fsp3) is 0.741. The topological polar surface area (TPSA) is 42.1 Å². The van der Waals surface area contributed by atoms with Crippen molar-refractivity contribution >= 4 is 5.97 Å². The van der Waals surface area contributed by atoms with Crippen LogP contribution in [0.4, 0.5) is 0 Å². The zero-order valence-corrected chi connectivity index (χ0v) is 19.1. The minimum Gasteiger partial charge on any atom is -0.462 e. The first-order valence-electron chi connectivity index (χ1n) is 12.6. The first kappa shape index (κ1) is 20.2. The Hall–Kier alpha value is -1.39. The smallest absolute Gasteiger partial charge is 0.311 e. The van der Waals surface area contributed by atoms with Gasteiger partial charge in [0, 0.05) is 17.9 Å². The number of hydrogen-bond acceptors (Lipinski definition) is 4. The quantitative estimate of drug-likeness (QED) is 0.529. The molecule has 2 aliphatic carbocycles. The normalized spacial score (nSPS) is 44.8. The second-order valence-electron chi connectivity index (χ2n) is 11.5. The number of piperidine rings is 1. The van der Waals surface area contributed by atoms with Crippen LogP contribution in [0, 0.1) is 29.1 Å². The molecule has 1 aromatic rings. The number of epoxide rings is 1. The average Bonchev–Trinajstić information content (AvgIpc) is 3.45. The van der Waals surface area contributed by atoms with Crippen molar-refractivity contribution in [2.75, 3.05) is 19.6 Å². The third kappa shape index (κ3) is 3.12. The van der Waals surface area contributed by atoms with Crippen molar-refractivity contribution in [1.82, 2.24) is 4.90 Å². The third-order valence-electron chi connectivity index (χ3n) is 9.72. The molecule has 3 aliphatic heterocycles. The maximum atomic E-state index is 13.0. The summed E-state index contributed by atoms with van der Waals surface area (Å²) >= 11 is 0. The minimum atomic E-state index is -0.00118. The Morgan fingerprint density at radius 1 is 1.13 bits per heavy atom. The summed E-state index contributed by atoms with van der Waals surface area (Å²) in [4.78, 5) is 15.5. The fourth-order valence-corrected chi connectivity index (χ4v) is 8.04. The molecule has 3 saturated heterocycles. The van der Waals surface area contributed by atoms with Gasteiger partial charge in [-0.2, -0.15) is 0 Å². The fourth-order valence-electron chi connectivity index (χ4n) is 8.04. The molecule has 5 aliphatic rings. The largest absolute Gasteiger partial charge is 0.462 e. The number of rotatable bonds is 4. The number of hydrogen-bond donors (Lipinski definition) is 0. The highest BCUT2D eigenvalue weighted by Gasteiger charge is 2.78. The minimum absolute atomic E-state index is 0.00118. The predicted molar refractivity (Wildman–Crippen MR) is 120 cm³/mol. The lowest BCUT2D eigenvalue weighted by molar-refractivity contribution is -0.146. The maximum Gasteiger partial charge on any atom is 0.311 e. The number of nitrogens with zero attached hydrogens (tertiary/aromatic N) is 1. The van der Waals surface area contributed by atoms with Gasteiger partial charge in [0.25, 0.3) is 0 Å². The Morgan fingerprint density at radius 2 is 1.90 bits per heavy atom. The molecule has 0 radical (unpaired) electrons. The molecule has 7 atom stereocenters. The van der Waals surface area contributed by atoms with Gasteiger partial charge in [0.2, 0.25) is 0 Å². The van der Waals surface area contributed by atoms with Gasteiger partial charge in [-0.15, -0.1) is 0 Å². The van der Waals surface area contributed by atoms with Crippen LogP contribution < -0.4 is 0 Å². The first-order chi connectivity index (χ1) is 15.0. The summed E-state index contributed by atoms with van der Waals surface area (Å²) in [6, 6.07) is 10.9. The SMILES string of the molecule is C[C@H]1CCC[C@]2(C)C[C@H]3OC(=O)[C@H](CN4CCC(Cc5ccccc5)CC4)[C@H]3[C@@H]3O[C@@]132. The second-order valence-corrected chi connectivity index (χ2v) is 11.5. The maximum absolute atomic E-state index is 13.0. The van der Waals surface area contributed by atoms with Crippen LogP contribution >= 0.6 is 0 Å². The van der Waals surface area contributed by atoms with Gasteiger partial charge in [-0.05, 0) is 69.0 Å². The summed E-state index contributed by atoms with van der Waals surface area (Å²) < 4.78 is 12.6. The summed E-state index contributed by atoms with van der Waals surface area (Å²) in [5.74, 6) is 1.67. The number of carbonyl (C=O) groups is 1. The molecule has 3 heterocycles. The Kier molecular flexibility index (Phi) is 4.77. The van der Waals surface area contributed by atoms with E-state index in [0.717, 1.165) is 32.0 Å². The Bertz CT molecular complexity index is 834. The summed E-state index contributed by atoms with van der Waals surface area (Å²) in [6.45, 7) is 7.84. The summed E-state index contributed by atoms with van der Waals surface area (Å²) in [6.07, 6.45) is 8.70. The van der Waals surface area contributed by atoms with Crippen LogP contribution in [0.25, 0.3) is 0 Å². The highest BCUT2D eigenvalue weighted by atomic mass is 16.6. The molecule has 0 amide bonds. The predicted octanol–water partition coefficient (Wildman–Crippen LogP) is 4.47. The van der Waals surface area contributed by atoms with E-state index in [-0.39, 0.29) is 41.0 Å². The van der Waals surface area contributed by atoms with Crippen LogP contribution in [0.5, 0.6) is 0 Å². The van der Waals surface area contributed by atoms with Gasteiger partial charge in [0.05, 0.1) is 12.0 Å². The second kappa shape index (κ2) is 7.31. The van der Waals surface area contributed by atoms with Gasteiger partial charge in [-0.25, -0.2) is 0 Å².